The minimum Gasteiger partial charge on any atom is -0.375 e. The van der Waals surface area contributed by atoms with E-state index in [0.717, 1.165) is 15.4 Å². The minimum atomic E-state index is -4.17. The Morgan fingerprint density at radius 1 is 0.882 bits per heavy atom. The maximum Gasteiger partial charge on any atom is 0.265 e. The Morgan fingerprint density at radius 3 is 2.18 bits per heavy atom. The van der Waals surface area contributed by atoms with Gasteiger partial charge >= 0.3 is 0 Å². The van der Waals surface area contributed by atoms with Crippen molar-refractivity contribution in [2.75, 3.05) is 20.6 Å². The van der Waals surface area contributed by atoms with Crippen LogP contribution in [0.3, 0.4) is 0 Å². The van der Waals surface area contributed by atoms with Gasteiger partial charge in [0.05, 0.1) is 17.1 Å². The van der Waals surface area contributed by atoms with E-state index in [1.165, 1.54) is 6.07 Å². The highest BCUT2D eigenvalue weighted by Gasteiger charge is 2.41. The summed E-state index contributed by atoms with van der Waals surface area (Å²) in [4.78, 5) is 28.9. The van der Waals surface area contributed by atoms with Gasteiger partial charge in [0.1, 0.15) is 5.70 Å². The molecule has 1 aliphatic heterocycles. The first-order chi connectivity index (χ1) is 16.1. The van der Waals surface area contributed by atoms with Crippen LogP contribution in [0, 0.1) is 13.8 Å². The van der Waals surface area contributed by atoms with E-state index in [4.69, 9.17) is 0 Å². The summed E-state index contributed by atoms with van der Waals surface area (Å²) in [5, 5.41) is 0. The van der Waals surface area contributed by atoms with Gasteiger partial charge in [-0.25, -0.2) is 8.42 Å². The van der Waals surface area contributed by atoms with E-state index in [2.05, 4.69) is 0 Å². The standard InChI is InChI=1S/C27H26N2O4S/c1-18-14-15-21(19(2)16-18)23(30)17-29-26(27(31)20-10-6-5-7-11-20)25(28(3)4)22-12-8-9-13-24(22)34(29,32)33/h5-16H,17H2,1-4H3. The van der Waals surface area contributed by atoms with Gasteiger partial charge in [0.25, 0.3) is 10.0 Å². The van der Waals surface area contributed by atoms with Crippen LogP contribution in [0.5, 0.6) is 0 Å². The van der Waals surface area contributed by atoms with Crippen LogP contribution in [0.1, 0.15) is 37.4 Å². The van der Waals surface area contributed by atoms with Crippen LogP contribution >= 0.6 is 0 Å². The van der Waals surface area contributed by atoms with Gasteiger partial charge in [-0.2, -0.15) is 0 Å². The number of nitrogens with zero attached hydrogens (tertiary/aromatic N) is 2. The third-order valence-electron chi connectivity index (χ3n) is 5.85. The zero-order valence-electron chi connectivity index (χ0n) is 19.6. The molecule has 0 atom stereocenters. The number of allylic oxidation sites excluding steroid dienone is 1. The van der Waals surface area contributed by atoms with Crippen LogP contribution in [0.25, 0.3) is 5.70 Å². The number of sulfonamides is 1. The van der Waals surface area contributed by atoms with E-state index in [9.17, 15) is 18.0 Å². The van der Waals surface area contributed by atoms with Gasteiger partial charge in [0.15, 0.2) is 5.78 Å². The van der Waals surface area contributed by atoms with Crippen molar-refractivity contribution in [1.82, 2.24) is 9.21 Å². The molecule has 174 valence electrons. The molecule has 0 fully saturated rings. The highest BCUT2D eigenvalue weighted by atomic mass is 32.2. The molecule has 0 radical (unpaired) electrons. The lowest BCUT2D eigenvalue weighted by molar-refractivity contribution is 0.0956. The Balaban J connectivity index is 1.94. The van der Waals surface area contributed by atoms with Gasteiger partial charge in [-0.05, 0) is 25.5 Å². The molecule has 0 saturated heterocycles. The number of benzene rings is 3. The largest absolute Gasteiger partial charge is 0.375 e. The van der Waals surface area contributed by atoms with E-state index in [-0.39, 0.29) is 16.4 Å². The quantitative estimate of drug-likeness (QED) is 0.498. The first-order valence-electron chi connectivity index (χ1n) is 10.9. The fourth-order valence-electron chi connectivity index (χ4n) is 4.28. The van der Waals surface area contributed by atoms with Gasteiger partial charge < -0.3 is 4.90 Å². The summed E-state index contributed by atoms with van der Waals surface area (Å²) in [6.45, 7) is 3.26. The second-order valence-corrected chi connectivity index (χ2v) is 10.4. The topological polar surface area (TPSA) is 74.8 Å². The molecule has 7 heteroatoms. The molecule has 0 unspecified atom stereocenters. The molecule has 1 aliphatic rings. The molecule has 0 N–H and O–H groups in total. The monoisotopic (exact) mass is 474 g/mol. The third-order valence-corrected chi connectivity index (χ3v) is 7.66. The second kappa shape index (κ2) is 8.91. The molecule has 0 spiro atoms. The first-order valence-corrected chi connectivity index (χ1v) is 12.3. The normalized spacial score (nSPS) is 14.5. The number of ketones is 2. The summed E-state index contributed by atoms with van der Waals surface area (Å²) < 4.78 is 28.6. The van der Waals surface area contributed by atoms with E-state index in [1.807, 2.05) is 26.0 Å². The van der Waals surface area contributed by atoms with Crippen molar-refractivity contribution in [3.8, 4) is 0 Å². The molecular weight excluding hydrogens is 448 g/mol. The van der Waals surface area contributed by atoms with Gasteiger partial charge in [-0.15, -0.1) is 0 Å². The SMILES string of the molecule is Cc1ccc(C(=O)CN2C(C(=O)c3ccccc3)=C(N(C)C)c3ccccc3S2(=O)=O)c(C)c1. The number of aryl methyl sites for hydroxylation is 2. The Hall–Kier alpha value is -3.71. The highest BCUT2D eigenvalue weighted by molar-refractivity contribution is 7.89. The van der Waals surface area contributed by atoms with Gasteiger partial charge in [0, 0.05) is 30.8 Å². The lowest BCUT2D eigenvalue weighted by atomic mass is 10.00. The zero-order valence-corrected chi connectivity index (χ0v) is 20.4. The summed E-state index contributed by atoms with van der Waals surface area (Å²) in [5.74, 6) is -0.840. The Bertz CT molecular complexity index is 1420. The van der Waals surface area contributed by atoms with Crippen molar-refractivity contribution in [2.45, 2.75) is 18.7 Å². The molecule has 3 aromatic carbocycles. The van der Waals surface area contributed by atoms with Crippen molar-refractivity contribution in [3.63, 3.8) is 0 Å². The van der Waals surface area contributed by atoms with E-state index >= 15 is 0 Å². The molecule has 34 heavy (non-hydrogen) atoms. The average Bonchev–Trinajstić information content (AvgIpc) is 2.80. The summed E-state index contributed by atoms with van der Waals surface area (Å²) in [6.07, 6.45) is 0. The summed E-state index contributed by atoms with van der Waals surface area (Å²) in [7, 11) is -0.656. The number of hydrogen-bond donors (Lipinski definition) is 0. The van der Waals surface area contributed by atoms with Crippen LogP contribution in [0.15, 0.2) is 83.4 Å². The number of carbonyl (C=O) groups excluding carboxylic acids is 2. The third kappa shape index (κ3) is 4.03. The first kappa shape index (κ1) is 23.4. The molecule has 0 saturated carbocycles. The molecule has 4 rings (SSSR count). The molecule has 6 nitrogen and oxygen atoms in total. The molecular formula is C27H26N2O4S. The van der Waals surface area contributed by atoms with E-state index < -0.39 is 22.4 Å². The lowest BCUT2D eigenvalue weighted by Gasteiger charge is -2.35. The maximum atomic E-state index is 13.8. The van der Waals surface area contributed by atoms with Gasteiger partial charge in [-0.1, -0.05) is 72.3 Å². The summed E-state index contributed by atoms with van der Waals surface area (Å²) in [6, 6.07) is 20.5. The molecule has 0 aromatic heterocycles. The van der Waals surface area contributed by atoms with Crippen LogP contribution in [0.2, 0.25) is 0 Å². The average molecular weight is 475 g/mol. The van der Waals surface area contributed by atoms with Crippen molar-refractivity contribution in [2.24, 2.45) is 0 Å². The zero-order chi connectivity index (χ0) is 24.6. The van der Waals surface area contributed by atoms with Crippen LogP contribution in [0.4, 0.5) is 0 Å². The molecule has 0 aliphatic carbocycles. The maximum absolute atomic E-state index is 13.8. The fraction of sp³-hybridized carbons (Fsp3) is 0.185. The molecule has 0 amide bonds. The lowest BCUT2D eigenvalue weighted by Crippen LogP contribution is -2.42. The van der Waals surface area contributed by atoms with E-state index in [1.54, 1.807) is 73.6 Å². The number of fused-ring (bicyclic) bond motifs is 1. The number of hydrogen-bond acceptors (Lipinski definition) is 5. The van der Waals surface area contributed by atoms with Crippen LogP contribution in [-0.2, 0) is 10.0 Å². The van der Waals surface area contributed by atoms with Gasteiger partial charge in [-0.3, -0.25) is 13.9 Å². The number of Topliss-reactive ketones (excluding diaryl/α,β-unsaturated/α-hetero) is 2. The fourth-order valence-corrected chi connectivity index (χ4v) is 5.91. The van der Waals surface area contributed by atoms with E-state index in [0.29, 0.717) is 22.4 Å². The highest BCUT2D eigenvalue weighted by Crippen LogP contribution is 2.39. The van der Waals surface area contributed by atoms with Crippen LogP contribution < -0.4 is 0 Å². The summed E-state index contributed by atoms with van der Waals surface area (Å²) >= 11 is 0. The summed E-state index contributed by atoms with van der Waals surface area (Å²) in [5.41, 5.74) is 3.38. The van der Waals surface area contributed by atoms with Crippen molar-refractivity contribution >= 4 is 27.3 Å². The number of rotatable bonds is 6. The predicted octanol–water partition coefficient (Wildman–Crippen LogP) is 4.30. The molecule has 3 aromatic rings. The Morgan fingerprint density at radius 2 is 1.53 bits per heavy atom. The number of carbonyl (C=O) groups is 2. The second-order valence-electron chi connectivity index (χ2n) is 8.54. The molecule has 1 heterocycles. The minimum absolute atomic E-state index is 0.0342. The Labute approximate surface area is 200 Å². The van der Waals surface area contributed by atoms with Crippen LogP contribution in [-0.4, -0.2) is 49.8 Å². The smallest absolute Gasteiger partial charge is 0.265 e. The molecule has 0 bridgehead atoms. The van der Waals surface area contributed by atoms with Gasteiger partial charge in [0.2, 0.25) is 5.78 Å². The van der Waals surface area contributed by atoms with Crippen molar-refractivity contribution in [3.05, 3.63) is 106 Å². The van der Waals surface area contributed by atoms with Crippen molar-refractivity contribution < 1.29 is 18.0 Å². The van der Waals surface area contributed by atoms with Crippen molar-refractivity contribution in [1.29, 1.82) is 0 Å². The predicted molar refractivity (Wildman–Crippen MR) is 132 cm³/mol. The Kier molecular flexibility index (Phi) is 6.15.